The minimum atomic E-state index is -0.832. The first-order valence-corrected chi connectivity index (χ1v) is 7.01. The Balaban J connectivity index is 1.63. The molecule has 2 atom stereocenters. The number of nitrogens with one attached hydrogen (secondary N) is 1. The van der Waals surface area contributed by atoms with Gasteiger partial charge >= 0.3 is 5.97 Å². The van der Waals surface area contributed by atoms with E-state index in [2.05, 4.69) is 15.2 Å². The van der Waals surface area contributed by atoms with Crippen molar-refractivity contribution < 1.29 is 9.90 Å². The molecule has 0 amide bonds. The third kappa shape index (κ3) is 2.18. The van der Waals surface area contributed by atoms with Crippen molar-refractivity contribution in [2.75, 3.05) is 5.75 Å². The molecule has 92 valence electrons. The number of carboxylic acids is 1. The van der Waals surface area contributed by atoms with E-state index in [1.54, 1.807) is 0 Å². The molecule has 1 aromatic rings. The van der Waals surface area contributed by atoms with E-state index in [-0.39, 0.29) is 5.75 Å². The summed E-state index contributed by atoms with van der Waals surface area (Å²) in [5.41, 5.74) is 0. The lowest BCUT2D eigenvalue weighted by Gasteiger charge is -2.04. The molecular weight excluding hydrogens is 238 g/mol. The highest BCUT2D eigenvalue weighted by molar-refractivity contribution is 7.99. The van der Waals surface area contributed by atoms with Gasteiger partial charge in [0.1, 0.15) is 5.82 Å². The van der Waals surface area contributed by atoms with Gasteiger partial charge in [-0.1, -0.05) is 24.6 Å². The van der Waals surface area contributed by atoms with Crippen LogP contribution in [0.4, 0.5) is 0 Å². The van der Waals surface area contributed by atoms with Crippen LogP contribution in [0.2, 0.25) is 0 Å². The van der Waals surface area contributed by atoms with Gasteiger partial charge in [-0.15, -0.1) is 5.10 Å². The van der Waals surface area contributed by atoms with Crippen LogP contribution in [0.1, 0.15) is 37.4 Å². The van der Waals surface area contributed by atoms with E-state index < -0.39 is 5.97 Å². The van der Waals surface area contributed by atoms with Gasteiger partial charge < -0.3 is 5.11 Å². The lowest BCUT2D eigenvalue weighted by Crippen LogP contribution is -1.97. The number of thioether (sulfide) groups is 1. The molecule has 2 aliphatic rings. The van der Waals surface area contributed by atoms with E-state index in [9.17, 15) is 4.79 Å². The molecule has 6 heteroatoms. The highest BCUT2D eigenvalue weighted by Crippen LogP contribution is 2.60. The molecule has 0 aromatic carbocycles. The Labute approximate surface area is 103 Å². The molecule has 0 spiro atoms. The number of carboxylic acid groups (broad SMARTS) is 1. The van der Waals surface area contributed by atoms with Crippen LogP contribution in [0.25, 0.3) is 0 Å². The average molecular weight is 253 g/mol. The molecule has 3 rings (SSSR count). The summed E-state index contributed by atoms with van der Waals surface area (Å²) in [6.45, 7) is 0. The summed E-state index contributed by atoms with van der Waals surface area (Å²) in [7, 11) is 0. The second kappa shape index (κ2) is 4.33. The summed E-state index contributed by atoms with van der Waals surface area (Å²) in [5.74, 6) is 2.32. The number of rotatable bonds is 4. The van der Waals surface area contributed by atoms with Crippen molar-refractivity contribution in [3.63, 3.8) is 0 Å². The van der Waals surface area contributed by atoms with E-state index in [0.717, 1.165) is 17.7 Å². The number of aliphatic carboxylic acids is 1. The Bertz CT molecular complexity index is 422. The van der Waals surface area contributed by atoms with Crippen LogP contribution < -0.4 is 0 Å². The Morgan fingerprint density at radius 3 is 2.76 bits per heavy atom. The molecule has 1 heterocycles. The first kappa shape index (κ1) is 11.1. The van der Waals surface area contributed by atoms with Crippen molar-refractivity contribution in [2.24, 2.45) is 11.8 Å². The second-order valence-corrected chi connectivity index (χ2v) is 5.77. The molecule has 0 aliphatic heterocycles. The number of aromatic amines is 1. The van der Waals surface area contributed by atoms with Crippen molar-refractivity contribution in [1.82, 2.24) is 15.2 Å². The van der Waals surface area contributed by atoms with Crippen molar-refractivity contribution in [1.29, 1.82) is 0 Å². The Morgan fingerprint density at radius 1 is 1.41 bits per heavy atom. The van der Waals surface area contributed by atoms with Crippen LogP contribution >= 0.6 is 11.8 Å². The molecule has 2 saturated carbocycles. The topological polar surface area (TPSA) is 78.9 Å². The summed E-state index contributed by atoms with van der Waals surface area (Å²) < 4.78 is 0. The van der Waals surface area contributed by atoms with Gasteiger partial charge in [0, 0.05) is 5.92 Å². The number of hydrogen-bond acceptors (Lipinski definition) is 4. The quantitative estimate of drug-likeness (QED) is 0.801. The summed E-state index contributed by atoms with van der Waals surface area (Å²) in [4.78, 5) is 14.8. The SMILES string of the molecule is O=C(O)CSc1n[nH]c(C2C3CCCCC32)n1. The predicted molar refractivity (Wildman–Crippen MR) is 62.9 cm³/mol. The maximum Gasteiger partial charge on any atom is 0.313 e. The average Bonchev–Trinajstić information content (AvgIpc) is 2.87. The molecule has 0 saturated heterocycles. The lowest BCUT2D eigenvalue weighted by molar-refractivity contribution is -0.133. The van der Waals surface area contributed by atoms with E-state index in [4.69, 9.17) is 5.11 Å². The second-order valence-electron chi connectivity index (χ2n) is 4.82. The van der Waals surface area contributed by atoms with Gasteiger partial charge in [0.05, 0.1) is 5.75 Å². The fourth-order valence-electron chi connectivity index (χ4n) is 3.00. The largest absolute Gasteiger partial charge is 0.481 e. The van der Waals surface area contributed by atoms with Gasteiger partial charge in [0.2, 0.25) is 5.16 Å². The van der Waals surface area contributed by atoms with Gasteiger partial charge in [-0.05, 0) is 24.7 Å². The molecule has 2 N–H and O–H groups in total. The van der Waals surface area contributed by atoms with E-state index in [0.29, 0.717) is 11.1 Å². The summed E-state index contributed by atoms with van der Waals surface area (Å²) in [6, 6.07) is 0. The van der Waals surface area contributed by atoms with Gasteiger partial charge in [0.25, 0.3) is 0 Å². The molecule has 1 aromatic heterocycles. The van der Waals surface area contributed by atoms with Crippen LogP contribution in [0.15, 0.2) is 5.16 Å². The van der Waals surface area contributed by atoms with Crippen LogP contribution in [0.3, 0.4) is 0 Å². The normalized spacial score (nSPS) is 30.9. The first-order chi connectivity index (χ1) is 8.25. The Morgan fingerprint density at radius 2 is 2.12 bits per heavy atom. The maximum absolute atomic E-state index is 10.4. The van der Waals surface area contributed by atoms with Gasteiger partial charge in [0.15, 0.2) is 0 Å². The minimum Gasteiger partial charge on any atom is -0.481 e. The molecule has 2 fully saturated rings. The number of hydrogen-bond donors (Lipinski definition) is 2. The summed E-state index contributed by atoms with van der Waals surface area (Å²) in [6.07, 6.45) is 5.31. The van der Waals surface area contributed by atoms with Crippen molar-refractivity contribution in [2.45, 2.75) is 36.8 Å². The zero-order valence-corrected chi connectivity index (χ0v) is 10.2. The predicted octanol–water partition coefficient (Wildman–Crippen LogP) is 1.89. The smallest absolute Gasteiger partial charge is 0.313 e. The molecule has 17 heavy (non-hydrogen) atoms. The van der Waals surface area contributed by atoms with Crippen LogP contribution in [-0.4, -0.2) is 32.0 Å². The highest BCUT2D eigenvalue weighted by Gasteiger charge is 2.53. The maximum atomic E-state index is 10.4. The van der Waals surface area contributed by atoms with Crippen molar-refractivity contribution in [3.8, 4) is 0 Å². The fourth-order valence-corrected chi connectivity index (χ4v) is 3.52. The summed E-state index contributed by atoms with van der Waals surface area (Å²) in [5, 5.41) is 16.2. The standard InChI is InChI=1S/C11H15N3O2S/c15-8(16)5-17-11-12-10(13-14-11)9-6-3-1-2-4-7(6)9/h6-7,9H,1-5H2,(H,15,16)(H,12,13,14). The molecule has 0 radical (unpaired) electrons. The first-order valence-electron chi connectivity index (χ1n) is 6.02. The van der Waals surface area contributed by atoms with Gasteiger partial charge in [-0.3, -0.25) is 9.89 Å². The summed E-state index contributed by atoms with van der Waals surface area (Å²) >= 11 is 1.17. The molecule has 5 nitrogen and oxygen atoms in total. The van der Waals surface area contributed by atoms with E-state index >= 15 is 0 Å². The number of H-pyrrole nitrogens is 1. The zero-order chi connectivity index (χ0) is 11.8. The fraction of sp³-hybridized carbons (Fsp3) is 0.727. The van der Waals surface area contributed by atoms with Crippen molar-refractivity contribution >= 4 is 17.7 Å². The minimum absolute atomic E-state index is 0.0226. The van der Waals surface area contributed by atoms with Gasteiger partial charge in [-0.25, -0.2) is 4.98 Å². The van der Waals surface area contributed by atoms with E-state index in [1.165, 1.54) is 37.4 Å². The molecular formula is C11H15N3O2S. The number of fused-ring (bicyclic) bond motifs is 1. The van der Waals surface area contributed by atoms with Gasteiger partial charge in [-0.2, -0.15) is 0 Å². The van der Waals surface area contributed by atoms with Crippen LogP contribution in [0, 0.1) is 11.8 Å². The van der Waals surface area contributed by atoms with Crippen LogP contribution in [0.5, 0.6) is 0 Å². The molecule has 2 unspecified atom stereocenters. The van der Waals surface area contributed by atoms with Crippen molar-refractivity contribution in [3.05, 3.63) is 5.82 Å². The lowest BCUT2D eigenvalue weighted by atomic mass is 10.0. The highest BCUT2D eigenvalue weighted by atomic mass is 32.2. The number of nitrogens with zero attached hydrogens (tertiary/aromatic N) is 2. The zero-order valence-electron chi connectivity index (χ0n) is 9.43. The van der Waals surface area contributed by atoms with Crippen LogP contribution in [-0.2, 0) is 4.79 Å². The monoisotopic (exact) mass is 253 g/mol. The molecule has 2 aliphatic carbocycles. The number of carbonyl (C=O) groups is 1. The number of aromatic nitrogens is 3. The van der Waals surface area contributed by atoms with E-state index in [1.807, 2.05) is 0 Å². The third-order valence-electron chi connectivity index (χ3n) is 3.78. The molecule has 0 bridgehead atoms. The third-order valence-corrected chi connectivity index (χ3v) is 4.61. The Hall–Kier alpha value is -1.04. The Kier molecular flexibility index (Phi) is 2.82.